The van der Waals surface area contributed by atoms with Crippen LogP contribution in [0.4, 0.5) is 0 Å². The fraction of sp³-hybridized carbons (Fsp3) is 0. The molecule has 0 aliphatic carbocycles. The molecule has 0 bridgehead atoms. The fourth-order valence-electron chi connectivity index (χ4n) is 3.17. The molecule has 0 radical (unpaired) electrons. The highest BCUT2D eigenvalue weighted by atomic mass is 15.0. The Kier molecular flexibility index (Phi) is 4.76. The largest absolute Gasteiger partial charge is 0.264 e. The third-order valence-corrected chi connectivity index (χ3v) is 4.69. The first kappa shape index (κ1) is 17.8. The van der Waals surface area contributed by atoms with Gasteiger partial charge in [-0.2, -0.15) is 0 Å². The van der Waals surface area contributed by atoms with Crippen molar-refractivity contribution in [1.29, 1.82) is 0 Å². The monoisotopic (exact) mass is 387 g/mol. The summed E-state index contributed by atoms with van der Waals surface area (Å²) in [5.41, 5.74) is 4.68. The Hall–Kier alpha value is -4.25. The van der Waals surface area contributed by atoms with Crippen molar-refractivity contribution >= 4 is 0 Å². The Balaban J connectivity index is 1.60. The Bertz CT molecular complexity index is 1200. The molecule has 2 aromatic carbocycles. The molecule has 5 rings (SSSR count). The third-order valence-electron chi connectivity index (χ3n) is 4.69. The second-order valence-electron chi connectivity index (χ2n) is 6.71. The molecule has 0 aliphatic rings. The summed E-state index contributed by atoms with van der Waals surface area (Å²) < 4.78 is 0. The first-order valence-corrected chi connectivity index (χ1v) is 9.60. The van der Waals surface area contributed by atoms with Gasteiger partial charge in [0.1, 0.15) is 0 Å². The maximum absolute atomic E-state index is 4.74. The number of benzene rings is 2. The average Bonchev–Trinajstić information content (AvgIpc) is 2.85. The maximum atomic E-state index is 4.74. The number of hydrogen-bond donors (Lipinski definition) is 0. The van der Waals surface area contributed by atoms with Crippen LogP contribution in [0, 0.1) is 0 Å². The van der Waals surface area contributed by atoms with Gasteiger partial charge in [0.15, 0.2) is 17.5 Å². The van der Waals surface area contributed by atoms with E-state index in [0.29, 0.717) is 17.5 Å². The molecule has 3 aromatic heterocycles. The first-order chi connectivity index (χ1) is 14.9. The molecule has 0 saturated carbocycles. The fourth-order valence-corrected chi connectivity index (χ4v) is 3.17. The van der Waals surface area contributed by atoms with E-state index in [4.69, 9.17) is 15.0 Å². The van der Waals surface area contributed by atoms with Gasteiger partial charge in [-0.25, -0.2) is 15.0 Å². The molecule has 5 heteroatoms. The van der Waals surface area contributed by atoms with E-state index in [1.54, 1.807) is 18.6 Å². The van der Waals surface area contributed by atoms with Crippen molar-refractivity contribution < 1.29 is 0 Å². The normalized spacial score (nSPS) is 10.7. The van der Waals surface area contributed by atoms with Crippen LogP contribution in [0.5, 0.6) is 0 Å². The second-order valence-corrected chi connectivity index (χ2v) is 6.71. The molecule has 5 aromatic rings. The zero-order valence-electron chi connectivity index (χ0n) is 16.1. The molecule has 0 N–H and O–H groups in total. The summed E-state index contributed by atoms with van der Waals surface area (Å²) in [5.74, 6) is 1.85. The maximum Gasteiger partial charge on any atom is 0.165 e. The van der Waals surface area contributed by atoms with Gasteiger partial charge in [0, 0.05) is 40.8 Å². The van der Waals surface area contributed by atoms with Crippen molar-refractivity contribution in [3.63, 3.8) is 0 Å². The predicted molar refractivity (Wildman–Crippen MR) is 117 cm³/mol. The van der Waals surface area contributed by atoms with Gasteiger partial charge in [0.05, 0.1) is 5.69 Å². The van der Waals surface area contributed by atoms with Crippen LogP contribution in [0.2, 0.25) is 0 Å². The second kappa shape index (κ2) is 8.01. The van der Waals surface area contributed by atoms with Crippen LogP contribution < -0.4 is 0 Å². The number of rotatable bonds is 4. The Morgan fingerprint density at radius 2 is 1.03 bits per heavy atom. The molecule has 142 valence electrons. The van der Waals surface area contributed by atoms with E-state index in [2.05, 4.69) is 9.97 Å². The zero-order chi connectivity index (χ0) is 20.2. The van der Waals surface area contributed by atoms with E-state index in [9.17, 15) is 0 Å². The van der Waals surface area contributed by atoms with Crippen LogP contribution in [-0.2, 0) is 0 Å². The molecule has 30 heavy (non-hydrogen) atoms. The number of aromatic nitrogens is 5. The molecule has 3 heterocycles. The lowest BCUT2D eigenvalue weighted by Gasteiger charge is -2.08. The quantitative estimate of drug-likeness (QED) is 0.417. The van der Waals surface area contributed by atoms with Crippen molar-refractivity contribution in [3.8, 4) is 45.4 Å². The summed E-state index contributed by atoms with van der Waals surface area (Å²) in [4.78, 5) is 22.8. The average molecular weight is 387 g/mol. The summed E-state index contributed by atoms with van der Waals surface area (Å²) in [6, 6.07) is 27.7. The highest BCUT2D eigenvalue weighted by Gasteiger charge is 2.12. The molecule has 0 saturated heterocycles. The lowest BCUT2D eigenvalue weighted by Crippen LogP contribution is -2.00. The van der Waals surface area contributed by atoms with Gasteiger partial charge >= 0.3 is 0 Å². The molecule has 0 amide bonds. The molecular weight excluding hydrogens is 370 g/mol. The summed E-state index contributed by atoms with van der Waals surface area (Å²) in [7, 11) is 0. The van der Waals surface area contributed by atoms with Crippen molar-refractivity contribution in [2.75, 3.05) is 0 Å². The van der Waals surface area contributed by atoms with Gasteiger partial charge in [-0.15, -0.1) is 0 Å². The minimum absolute atomic E-state index is 0.598. The lowest BCUT2D eigenvalue weighted by atomic mass is 10.1. The number of nitrogens with zero attached hydrogens (tertiary/aromatic N) is 5. The molecule has 5 nitrogen and oxygen atoms in total. The predicted octanol–water partition coefficient (Wildman–Crippen LogP) is 5.33. The SMILES string of the molecule is c1ccc(-c2nc(-c3ccc(-c4ccccn4)cc3)nc(-c3cccnc3)n2)cc1. The van der Waals surface area contributed by atoms with E-state index in [-0.39, 0.29) is 0 Å². The number of hydrogen-bond acceptors (Lipinski definition) is 5. The molecule has 0 spiro atoms. The molecule has 0 fully saturated rings. The van der Waals surface area contributed by atoms with Crippen molar-refractivity contribution in [2.24, 2.45) is 0 Å². The van der Waals surface area contributed by atoms with Crippen LogP contribution >= 0.6 is 0 Å². The van der Waals surface area contributed by atoms with E-state index in [1.165, 1.54) is 0 Å². The summed E-state index contributed by atoms with van der Waals surface area (Å²) in [6.45, 7) is 0. The topological polar surface area (TPSA) is 64.5 Å². The third kappa shape index (κ3) is 3.69. The van der Waals surface area contributed by atoms with Crippen LogP contribution in [-0.4, -0.2) is 24.9 Å². The summed E-state index contributed by atoms with van der Waals surface area (Å²) in [6.07, 6.45) is 5.29. The Morgan fingerprint density at radius 1 is 0.433 bits per heavy atom. The zero-order valence-corrected chi connectivity index (χ0v) is 16.1. The minimum atomic E-state index is 0.598. The molecule has 0 aliphatic heterocycles. The van der Waals surface area contributed by atoms with Crippen LogP contribution in [0.25, 0.3) is 45.4 Å². The van der Waals surface area contributed by atoms with Crippen molar-refractivity contribution in [2.45, 2.75) is 0 Å². The molecule has 0 unspecified atom stereocenters. The van der Waals surface area contributed by atoms with E-state index in [0.717, 1.165) is 27.9 Å². The Morgan fingerprint density at radius 3 is 1.67 bits per heavy atom. The van der Waals surface area contributed by atoms with E-state index >= 15 is 0 Å². The highest BCUT2D eigenvalue weighted by Crippen LogP contribution is 2.26. The Labute approximate surface area is 174 Å². The van der Waals surface area contributed by atoms with Gasteiger partial charge in [0.25, 0.3) is 0 Å². The first-order valence-electron chi connectivity index (χ1n) is 9.60. The molecule has 0 atom stereocenters. The van der Waals surface area contributed by atoms with Gasteiger partial charge in [-0.3, -0.25) is 9.97 Å². The highest BCUT2D eigenvalue weighted by molar-refractivity contribution is 5.68. The van der Waals surface area contributed by atoms with Crippen LogP contribution in [0.15, 0.2) is 104 Å². The van der Waals surface area contributed by atoms with Crippen LogP contribution in [0.1, 0.15) is 0 Å². The van der Waals surface area contributed by atoms with E-state index in [1.807, 2.05) is 84.9 Å². The molecular formula is C25H17N5. The smallest absolute Gasteiger partial charge is 0.165 e. The van der Waals surface area contributed by atoms with Crippen molar-refractivity contribution in [1.82, 2.24) is 24.9 Å². The summed E-state index contributed by atoms with van der Waals surface area (Å²) in [5, 5.41) is 0. The van der Waals surface area contributed by atoms with Gasteiger partial charge < -0.3 is 0 Å². The van der Waals surface area contributed by atoms with Gasteiger partial charge in [0.2, 0.25) is 0 Å². The van der Waals surface area contributed by atoms with Gasteiger partial charge in [-0.05, 0) is 24.3 Å². The number of pyridine rings is 2. The van der Waals surface area contributed by atoms with Gasteiger partial charge in [-0.1, -0.05) is 60.7 Å². The van der Waals surface area contributed by atoms with Crippen LogP contribution in [0.3, 0.4) is 0 Å². The minimum Gasteiger partial charge on any atom is -0.264 e. The lowest BCUT2D eigenvalue weighted by molar-refractivity contribution is 1.07. The standard InChI is InChI=1S/C25H17N5/c1-2-7-19(8-3-1)23-28-24(30-25(29-23)21-9-6-15-26-17-21)20-13-11-18(12-14-20)22-10-4-5-16-27-22/h1-17H. The van der Waals surface area contributed by atoms with Crippen molar-refractivity contribution in [3.05, 3.63) is 104 Å². The summed E-state index contributed by atoms with van der Waals surface area (Å²) >= 11 is 0. The van der Waals surface area contributed by atoms with E-state index < -0.39 is 0 Å².